The number of nitrogens with one attached hydrogen (secondary N) is 3. The molecule has 0 spiro atoms. The molecule has 7 heteroatoms. The number of amides is 2. The van der Waals surface area contributed by atoms with Crippen molar-refractivity contribution in [1.29, 1.82) is 5.26 Å². The molecule has 0 radical (unpaired) electrons. The van der Waals surface area contributed by atoms with Gasteiger partial charge in [-0.2, -0.15) is 5.26 Å². The maximum Gasteiger partial charge on any atom is 0.319 e. The lowest BCUT2D eigenvalue weighted by atomic mass is 9.96. The van der Waals surface area contributed by atoms with Gasteiger partial charge in [0.15, 0.2) is 0 Å². The summed E-state index contributed by atoms with van der Waals surface area (Å²) < 4.78 is 0. The maximum atomic E-state index is 12.4. The summed E-state index contributed by atoms with van der Waals surface area (Å²) in [5, 5.41) is 14.8. The zero-order valence-electron chi connectivity index (χ0n) is 16.4. The van der Waals surface area contributed by atoms with Gasteiger partial charge in [-0.15, -0.1) is 0 Å². The van der Waals surface area contributed by atoms with Crippen molar-refractivity contribution in [2.75, 3.05) is 18.4 Å². The van der Waals surface area contributed by atoms with Crippen molar-refractivity contribution in [2.45, 2.75) is 31.8 Å². The fourth-order valence-electron chi connectivity index (χ4n) is 3.92. The van der Waals surface area contributed by atoms with E-state index in [0.29, 0.717) is 11.3 Å². The fraction of sp³-hybridized carbons (Fsp3) is 0.318. The molecule has 4 rings (SSSR count). The second kappa shape index (κ2) is 8.33. The summed E-state index contributed by atoms with van der Waals surface area (Å²) in [5.41, 5.74) is 3.23. The van der Waals surface area contributed by atoms with Crippen molar-refractivity contribution in [1.82, 2.24) is 20.2 Å². The lowest BCUT2D eigenvalue weighted by molar-refractivity contribution is 0.129. The van der Waals surface area contributed by atoms with E-state index >= 15 is 0 Å². The van der Waals surface area contributed by atoms with Gasteiger partial charge >= 0.3 is 6.03 Å². The van der Waals surface area contributed by atoms with E-state index in [1.54, 1.807) is 24.3 Å². The Morgan fingerprint density at radius 2 is 2.07 bits per heavy atom. The standard InChI is InChI=1S/C22H24N6O/c1-2-28-12-11-17(25-22(29)24-16-9-7-15(14-23)8-10-16)13-20(28)21-26-18-5-3-4-6-19(18)27-21/h3-10,17,20H,2,11-13H2,1H3,(H,26,27)(H2,24,25,29). The highest BCUT2D eigenvalue weighted by molar-refractivity contribution is 5.89. The molecular weight excluding hydrogens is 364 g/mol. The number of carbonyl (C=O) groups excluding carboxylic acids is 1. The Kier molecular flexibility index (Phi) is 5.45. The number of piperidine rings is 1. The van der Waals surface area contributed by atoms with Gasteiger partial charge in [-0.25, -0.2) is 9.78 Å². The number of H-pyrrole nitrogens is 1. The van der Waals surface area contributed by atoms with Crippen molar-refractivity contribution < 1.29 is 4.79 Å². The summed E-state index contributed by atoms with van der Waals surface area (Å²) >= 11 is 0. The minimum atomic E-state index is -0.229. The highest BCUT2D eigenvalue weighted by atomic mass is 16.2. The van der Waals surface area contributed by atoms with Gasteiger partial charge in [-0.05, 0) is 55.8 Å². The largest absolute Gasteiger partial charge is 0.341 e. The molecule has 2 amide bonds. The summed E-state index contributed by atoms with van der Waals surface area (Å²) in [4.78, 5) is 23.1. The van der Waals surface area contributed by atoms with Crippen LogP contribution in [0.1, 0.15) is 37.2 Å². The average molecular weight is 388 g/mol. The molecule has 1 aliphatic rings. The Hall–Kier alpha value is -3.37. The third kappa shape index (κ3) is 4.23. The van der Waals surface area contributed by atoms with Gasteiger partial charge in [0.1, 0.15) is 5.82 Å². The molecular formula is C22H24N6O. The lowest BCUT2D eigenvalue weighted by Crippen LogP contribution is -2.47. The molecule has 0 saturated carbocycles. The van der Waals surface area contributed by atoms with E-state index in [-0.39, 0.29) is 18.1 Å². The number of para-hydroxylation sites is 2. The number of aromatic nitrogens is 2. The molecule has 2 atom stereocenters. The van der Waals surface area contributed by atoms with E-state index in [2.05, 4.69) is 33.5 Å². The molecule has 7 nitrogen and oxygen atoms in total. The second-order valence-electron chi connectivity index (χ2n) is 7.29. The number of carbonyl (C=O) groups is 1. The summed E-state index contributed by atoms with van der Waals surface area (Å²) in [6.45, 7) is 3.99. The first kappa shape index (κ1) is 19.0. The number of urea groups is 1. The van der Waals surface area contributed by atoms with E-state index in [4.69, 9.17) is 10.2 Å². The number of benzene rings is 2. The molecule has 2 heterocycles. The van der Waals surface area contributed by atoms with Gasteiger partial charge in [0.05, 0.1) is 28.7 Å². The number of nitriles is 1. The number of anilines is 1. The molecule has 1 aromatic heterocycles. The van der Waals surface area contributed by atoms with E-state index < -0.39 is 0 Å². The molecule has 1 saturated heterocycles. The number of rotatable bonds is 4. The van der Waals surface area contributed by atoms with Crippen molar-refractivity contribution in [3.63, 3.8) is 0 Å². The molecule has 3 aromatic rings. The van der Waals surface area contributed by atoms with Crippen molar-refractivity contribution >= 4 is 22.8 Å². The third-order valence-electron chi connectivity index (χ3n) is 5.45. The number of hydrogen-bond acceptors (Lipinski definition) is 4. The van der Waals surface area contributed by atoms with Crippen LogP contribution in [-0.4, -0.2) is 40.0 Å². The van der Waals surface area contributed by atoms with Crippen LogP contribution < -0.4 is 10.6 Å². The SMILES string of the molecule is CCN1CCC(NC(=O)Nc2ccc(C#N)cc2)CC1c1nc2ccccc2[nH]1. The third-order valence-corrected chi connectivity index (χ3v) is 5.45. The molecule has 3 N–H and O–H groups in total. The molecule has 2 unspecified atom stereocenters. The van der Waals surface area contributed by atoms with E-state index in [1.165, 1.54) is 0 Å². The lowest BCUT2D eigenvalue weighted by Gasteiger charge is -2.38. The Morgan fingerprint density at radius 3 is 2.79 bits per heavy atom. The van der Waals surface area contributed by atoms with Gasteiger partial charge in [0.2, 0.25) is 0 Å². The van der Waals surface area contributed by atoms with Crippen LogP contribution in [0.4, 0.5) is 10.5 Å². The number of fused-ring (bicyclic) bond motifs is 1. The van der Waals surface area contributed by atoms with Crippen LogP contribution in [0.15, 0.2) is 48.5 Å². The molecule has 0 bridgehead atoms. The summed E-state index contributed by atoms with van der Waals surface area (Å²) in [6, 6.07) is 16.9. The quantitative estimate of drug-likeness (QED) is 0.634. The first-order valence-electron chi connectivity index (χ1n) is 9.92. The van der Waals surface area contributed by atoms with Crippen LogP contribution >= 0.6 is 0 Å². The average Bonchev–Trinajstić information content (AvgIpc) is 3.18. The zero-order valence-corrected chi connectivity index (χ0v) is 16.4. The smallest absolute Gasteiger partial charge is 0.319 e. The van der Waals surface area contributed by atoms with Crippen molar-refractivity contribution in [3.05, 3.63) is 59.9 Å². The van der Waals surface area contributed by atoms with E-state index in [0.717, 1.165) is 42.8 Å². The van der Waals surface area contributed by atoms with Gasteiger partial charge in [-0.1, -0.05) is 19.1 Å². The summed E-state index contributed by atoms with van der Waals surface area (Å²) in [7, 11) is 0. The summed E-state index contributed by atoms with van der Waals surface area (Å²) in [6.07, 6.45) is 1.69. The normalized spacial score (nSPS) is 19.6. The molecule has 2 aromatic carbocycles. The zero-order chi connectivity index (χ0) is 20.2. The Labute approximate surface area is 169 Å². The van der Waals surface area contributed by atoms with E-state index in [9.17, 15) is 4.79 Å². The highest BCUT2D eigenvalue weighted by Gasteiger charge is 2.31. The topological polar surface area (TPSA) is 96.8 Å². The predicted molar refractivity (Wildman–Crippen MR) is 112 cm³/mol. The van der Waals surface area contributed by atoms with E-state index in [1.807, 2.05) is 24.3 Å². The second-order valence-corrected chi connectivity index (χ2v) is 7.29. The van der Waals surface area contributed by atoms with Crippen molar-refractivity contribution in [3.8, 4) is 6.07 Å². The monoisotopic (exact) mass is 388 g/mol. The van der Waals surface area contributed by atoms with Gasteiger partial charge in [0, 0.05) is 18.3 Å². The highest BCUT2D eigenvalue weighted by Crippen LogP contribution is 2.30. The summed E-state index contributed by atoms with van der Waals surface area (Å²) in [5.74, 6) is 0.951. The van der Waals surface area contributed by atoms with Crippen LogP contribution in [0.25, 0.3) is 11.0 Å². The Bertz CT molecular complexity index is 1000. The molecule has 1 fully saturated rings. The first-order chi connectivity index (χ1) is 14.2. The van der Waals surface area contributed by atoms with Crippen LogP contribution in [0.3, 0.4) is 0 Å². The van der Waals surface area contributed by atoms with Gasteiger partial charge in [-0.3, -0.25) is 4.90 Å². The van der Waals surface area contributed by atoms with Gasteiger partial charge < -0.3 is 15.6 Å². The minimum Gasteiger partial charge on any atom is -0.341 e. The molecule has 148 valence electrons. The number of nitrogens with zero attached hydrogens (tertiary/aromatic N) is 3. The number of likely N-dealkylation sites (tertiary alicyclic amines) is 1. The van der Waals surface area contributed by atoms with Gasteiger partial charge in [0.25, 0.3) is 0 Å². The van der Waals surface area contributed by atoms with Crippen LogP contribution in [-0.2, 0) is 0 Å². The predicted octanol–water partition coefficient (Wildman–Crippen LogP) is 3.78. The van der Waals surface area contributed by atoms with Crippen molar-refractivity contribution in [2.24, 2.45) is 0 Å². The van der Waals surface area contributed by atoms with Crippen LogP contribution in [0.5, 0.6) is 0 Å². The number of imidazole rings is 1. The Morgan fingerprint density at radius 1 is 1.28 bits per heavy atom. The minimum absolute atomic E-state index is 0.0643. The fourth-order valence-corrected chi connectivity index (χ4v) is 3.92. The maximum absolute atomic E-state index is 12.4. The molecule has 1 aliphatic heterocycles. The number of aromatic amines is 1. The number of hydrogen-bond donors (Lipinski definition) is 3. The van der Waals surface area contributed by atoms with Crippen LogP contribution in [0, 0.1) is 11.3 Å². The Balaban J connectivity index is 1.43. The first-order valence-corrected chi connectivity index (χ1v) is 9.92. The molecule has 0 aliphatic carbocycles. The molecule has 29 heavy (non-hydrogen) atoms. The van der Waals surface area contributed by atoms with Crippen LogP contribution in [0.2, 0.25) is 0 Å².